The Morgan fingerprint density at radius 2 is 2.25 bits per heavy atom. The first kappa shape index (κ1) is 11.0. The molecule has 2 rings (SSSR count). The number of pyridine rings is 1. The molecule has 84 valence electrons. The van der Waals surface area contributed by atoms with Crippen LogP contribution in [0.2, 0.25) is 5.15 Å². The number of ether oxygens (including phenoxy) is 1. The van der Waals surface area contributed by atoms with E-state index in [1.165, 1.54) is 0 Å². The monoisotopic (exact) mass is 237 g/mol. The Balaban J connectivity index is 2.40. The Kier molecular flexibility index (Phi) is 3.10. The van der Waals surface area contributed by atoms with E-state index in [-0.39, 0.29) is 0 Å². The van der Waals surface area contributed by atoms with Crippen LogP contribution in [0.15, 0.2) is 24.3 Å². The molecular formula is C11H12ClN3O. The lowest BCUT2D eigenvalue weighted by Gasteiger charge is -2.02. The smallest absolute Gasteiger partial charge is 0.233 e. The molecule has 0 N–H and O–H groups in total. The third-order valence-corrected chi connectivity index (χ3v) is 2.29. The normalized spacial score (nSPS) is 10.4. The molecule has 0 aromatic carbocycles. The molecule has 16 heavy (non-hydrogen) atoms. The van der Waals surface area contributed by atoms with Crippen LogP contribution in [-0.4, -0.2) is 21.4 Å². The van der Waals surface area contributed by atoms with E-state index in [1.54, 1.807) is 10.7 Å². The summed E-state index contributed by atoms with van der Waals surface area (Å²) in [4.78, 5) is 4.19. The number of aryl methyl sites for hydroxylation is 1. The Labute approximate surface area is 98.8 Å². The zero-order valence-electron chi connectivity index (χ0n) is 9.14. The van der Waals surface area contributed by atoms with Gasteiger partial charge in [0.25, 0.3) is 0 Å². The first-order valence-electron chi connectivity index (χ1n) is 5.03. The van der Waals surface area contributed by atoms with E-state index in [0.717, 1.165) is 5.69 Å². The molecule has 2 heterocycles. The maximum absolute atomic E-state index is 5.83. The molecule has 0 saturated heterocycles. The summed E-state index contributed by atoms with van der Waals surface area (Å²) in [5, 5.41) is 4.73. The predicted octanol–water partition coefficient (Wildman–Crippen LogP) is 2.63. The summed E-state index contributed by atoms with van der Waals surface area (Å²) in [5.41, 5.74) is 0.957. The van der Waals surface area contributed by atoms with Gasteiger partial charge in [-0.15, -0.1) is 5.10 Å². The Bertz CT molecular complexity index is 496. The van der Waals surface area contributed by atoms with Crippen LogP contribution in [0.25, 0.3) is 5.82 Å². The van der Waals surface area contributed by atoms with Crippen molar-refractivity contribution in [2.75, 3.05) is 6.61 Å². The number of halogens is 1. The van der Waals surface area contributed by atoms with Gasteiger partial charge in [0.2, 0.25) is 5.88 Å². The summed E-state index contributed by atoms with van der Waals surface area (Å²) in [6.45, 7) is 4.46. The van der Waals surface area contributed by atoms with E-state index in [2.05, 4.69) is 10.1 Å². The van der Waals surface area contributed by atoms with E-state index in [9.17, 15) is 0 Å². The molecule has 0 radical (unpaired) electrons. The molecule has 0 unspecified atom stereocenters. The third-order valence-electron chi connectivity index (χ3n) is 2.07. The predicted molar refractivity (Wildman–Crippen MR) is 62.3 cm³/mol. The van der Waals surface area contributed by atoms with E-state index in [0.29, 0.717) is 23.5 Å². The molecule has 0 aliphatic rings. The molecule has 2 aromatic rings. The second-order valence-electron chi connectivity index (χ2n) is 3.29. The third kappa shape index (κ3) is 2.17. The minimum atomic E-state index is 0.449. The molecule has 0 spiro atoms. The molecule has 0 aliphatic heterocycles. The van der Waals surface area contributed by atoms with Gasteiger partial charge in [0, 0.05) is 11.8 Å². The minimum absolute atomic E-state index is 0.449. The number of hydrogen-bond acceptors (Lipinski definition) is 3. The number of rotatable bonds is 3. The molecule has 0 saturated carbocycles. The van der Waals surface area contributed by atoms with Gasteiger partial charge in [-0.25, -0.2) is 9.67 Å². The molecule has 2 aromatic heterocycles. The van der Waals surface area contributed by atoms with Crippen molar-refractivity contribution < 1.29 is 4.74 Å². The van der Waals surface area contributed by atoms with Crippen LogP contribution in [0, 0.1) is 6.92 Å². The maximum atomic E-state index is 5.83. The van der Waals surface area contributed by atoms with Crippen molar-refractivity contribution in [1.82, 2.24) is 14.8 Å². The van der Waals surface area contributed by atoms with Crippen LogP contribution in [0.5, 0.6) is 5.88 Å². The highest BCUT2D eigenvalue weighted by molar-refractivity contribution is 6.29. The fraction of sp³-hybridized carbons (Fsp3) is 0.273. The van der Waals surface area contributed by atoms with Crippen LogP contribution in [0.3, 0.4) is 0 Å². The maximum Gasteiger partial charge on any atom is 0.233 e. The van der Waals surface area contributed by atoms with Gasteiger partial charge < -0.3 is 4.74 Å². The number of nitrogens with zero attached hydrogens (tertiary/aromatic N) is 3. The summed E-state index contributed by atoms with van der Waals surface area (Å²) in [6, 6.07) is 7.28. The van der Waals surface area contributed by atoms with Crippen molar-refractivity contribution in [1.29, 1.82) is 0 Å². The average Bonchev–Trinajstić information content (AvgIpc) is 2.60. The summed E-state index contributed by atoms with van der Waals surface area (Å²) >= 11 is 5.83. The molecule has 4 nitrogen and oxygen atoms in total. The Morgan fingerprint density at radius 3 is 2.94 bits per heavy atom. The zero-order chi connectivity index (χ0) is 11.5. The van der Waals surface area contributed by atoms with Gasteiger partial charge in [-0.2, -0.15) is 0 Å². The lowest BCUT2D eigenvalue weighted by atomic mass is 10.4. The summed E-state index contributed by atoms with van der Waals surface area (Å²) in [5.74, 6) is 1.29. The van der Waals surface area contributed by atoms with E-state index in [4.69, 9.17) is 16.3 Å². The Morgan fingerprint density at radius 1 is 1.44 bits per heavy atom. The van der Waals surface area contributed by atoms with E-state index in [1.807, 2.05) is 32.0 Å². The van der Waals surface area contributed by atoms with Crippen LogP contribution in [0.4, 0.5) is 0 Å². The van der Waals surface area contributed by atoms with Gasteiger partial charge >= 0.3 is 0 Å². The van der Waals surface area contributed by atoms with Gasteiger partial charge in [0.15, 0.2) is 5.82 Å². The standard InChI is InChI=1S/C11H12ClN3O/c1-3-16-11-7-8(2)15(14-11)10-6-4-5-9(12)13-10/h4-7H,3H2,1-2H3. The highest BCUT2D eigenvalue weighted by Gasteiger charge is 2.07. The summed E-state index contributed by atoms with van der Waals surface area (Å²) < 4.78 is 7.03. The van der Waals surface area contributed by atoms with Gasteiger partial charge in [-0.05, 0) is 26.0 Å². The number of aromatic nitrogens is 3. The topological polar surface area (TPSA) is 39.9 Å². The highest BCUT2D eigenvalue weighted by Crippen LogP contribution is 2.16. The fourth-order valence-corrected chi connectivity index (χ4v) is 1.57. The highest BCUT2D eigenvalue weighted by atomic mass is 35.5. The molecule has 0 atom stereocenters. The SMILES string of the molecule is CCOc1cc(C)n(-c2cccc(Cl)n2)n1. The lowest BCUT2D eigenvalue weighted by Crippen LogP contribution is -2.02. The molecule has 5 heteroatoms. The second kappa shape index (κ2) is 4.53. The van der Waals surface area contributed by atoms with Crippen LogP contribution in [-0.2, 0) is 0 Å². The van der Waals surface area contributed by atoms with Crippen LogP contribution < -0.4 is 4.74 Å². The first-order valence-corrected chi connectivity index (χ1v) is 5.41. The Hall–Kier alpha value is -1.55. The van der Waals surface area contributed by atoms with Crippen molar-refractivity contribution in [3.63, 3.8) is 0 Å². The molecule has 0 bridgehead atoms. The first-order chi connectivity index (χ1) is 7.70. The summed E-state index contributed by atoms with van der Waals surface area (Å²) in [7, 11) is 0. The minimum Gasteiger partial charge on any atom is -0.477 e. The van der Waals surface area contributed by atoms with Gasteiger partial charge in [0.1, 0.15) is 5.15 Å². The molecule has 0 amide bonds. The fourth-order valence-electron chi connectivity index (χ4n) is 1.41. The molecular weight excluding hydrogens is 226 g/mol. The van der Waals surface area contributed by atoms with Crippen LogP contribution in [0.1, 0.15) is 12.6 Å². The molecule has 0 fully saturated rings. The lowest BCUT2D eigenvalue weighted by molar-refractivity contribution is 0.324. The second-order valence-corrected chi connectivity index (χ2v) is 3.67. The van der Waals surface area contributed by atoms with E-state index < -0.39 is 0 Å². The largest absolute Gasteiger partial charge is 0.477 e. The van der Waals surface area contributed by atoms with E-state index >= 15 is 0 Å². The summed E-state index contributed by atoms with van der Waals surface area (Å²) in [6.07, 6.45) is 0. The van der Waals surface area contributed by atoms with Gasteiger partial charge in [-0.1, -0.05) is 17.7 Å². The number of hydrogen-bond donors (Lipinski definition) is 0. The van der Waals surface area contributed by atoms with Crippen molar-refractivity contribution in [3.8, 4) is 11.7 Å². The quantitative estimate of drug-likeness (QED) is 0.771. The van der Waals surface area contributed by atoms with Crippen molar-refractivity contribution in [2.24, 2.45) is 0 Å². The van der Waals surface area contributed by atoms with Gasteiger partial charge in [-0.3, -0.25) is 0 Å². The van der Waals surface area contributed by atoms with Crippen LogP contribution >= 0.6 is 11.6 Å². The molecule has 0 aliphatic carbocycles. The average molecular weight is 238 g/mol. The van der Waals surface area contributed by atoms with Crippen molar-refractivity contribution in [3.05, 3.63) is 35.1 Å². The van der Waals surface area contributed by atoms with Crippen molar-refractivity contribution in [2.45, 2.75) is 13.8 Å². The van der Waals surface area contributed by atoms with Crippen molar-refractivity contribution >= 4 is 11.6 Å². The van der Waals surface area contributed by atoms with Gasteiger partial charge in [0.05, 0.1) is 6.61 Å². The zero-order valence-corrected chi connectivity index (χ0v) is 9.90.